The Morgan fingerprint density at radius 3 is 1.00 bits per heavy atom. The summed E-state index contributed by atoms with van der Waals surface area (Å²) in [5.41, 5.74) is 0. The zero-order chi connectivity index (χ0) is 3.58. The first kappa shape index (κ1) is 15.8. The van der Waals surface area contributed by atoms with Crippen LogP contribution in [0, 0.1) is 0 Å². The summed E-state index contributed by atoms with van der Waals surface area (Å²) in [7, 11) is -2.17. The Morgan fingerprint density at radius 2 is 1.00 bits per heavy atom. The van der Waals surface area contributed by atoms with Crippen LogP contribution in [0.3, 0.4) is 0 Å². The first-order chi connectivity index (χ1) is 1.73. The molecule has 0 aromatic rings. The van der Waals surface area contributed by atoms with E-state index in [-0.39, 0.29) is 76.2 Å². The Bertz CT molecular complexity index is 15.5. The van der Waals surface area contributed by atoms with E-state index in [2.05, 4.69) is 0 Å². The molecule has 0 unspecified atom stereocenters. The second-order valence-electron chi connectivity index (χ2n) is 0.346. The second kappa shape index (κ2) is 10.4. The van der Waals surface area contributed by atoms with Gasteiger partial charge < -0.3 is 15.1 Å². The van der Waals surface area contributed by atoms with E-state index >= 15 is 0 Å². The summed E-state index contributed by atoms with van der Waals surface area (Å²) in [5.74, 6) is 0. The van der Waals surface area contributed by atoms with Crippen molar-refractivity contribution in [3.8, 4) is 0 Å². The van der Waals surface area contributed by atoms with Gasteiger partial charge in [0.05, 0.1) is 0 Å². The predicted octanol–water partition coefficient (Wildman–Crippen LogP) is -3.88. The van der Waals surface area contributed by atoms with Gasteiger partial charge in [0.2, 0.25) is 0 Å². The Labute approximate surface area is 96.5 Å². The van der Waals surface area contributed by atoms with Crippen LogP contribution in [0.1, 0.15) is 0 Å². The Morgan fingerprint density at radius 1 is 1.00 bits per heavy atom. The van der Waals surface area contributed by atoms with Crippen LogP contribution in [0.15, 0.2) is 0 Å². The van der Waals surface area contributed by atoms with Crippen LogP contribution in [-0.4, -0.2) is 98.6 Å². The molecule has 3 N–H and O–H groups in total. The molecule has 0 aliphatic rings. The van der Waals surface area contributed by atoms with Gasteiger partial charge in [0.25, 0.3) is 0 Å². The molecule has 6 heavy (non-hydrogen) atoms. The molecule has 0 bridgehead atoms. The molecule has 0 aromatic carbocycles. The Hall–Kier alpha value is 2.44. The zero-order valence-electron chi connectivity index (χ0n) is 2.63. The van der Waals surface area contributed by atoms with Gasteiger partial charge in [-0.15, -0.1) is 0 Å². The average Bonchev–Trinajstić information content (AvgIpc) is 0.811. The van der Waals surface area contributed by atoms with Crippen LogP contribution in [0.25, 0.3) is 0 Å². The van der Waals surface area contributed by atoms with Crippen molar-refractivity contribution in [2.45, 2.75) is 0 Å². The van der Waals surface area contributed by atoms with Crippen molar-refractivity contribution in [1.82, 2.24) is 0 Å². The van der Waals surface area contributed by atoms with Gasteiger partial charge in [0.1, 0.15) is 0 Å². The fourth-order valence-electron chi connectivity index (χ4n) is 0. The molecule has 0 aromatic heterocycles. The van der Waals surface area contributed by atoms with Crippen LogP contribution in [0.5, 0.6) is 0 Å². The molecule has 0 spiro atoms. The van der Waals surface area contributed by atoms with Gasteiger partial charge in [0.15, 0.2) is 0 Å². The van der Waals surface area contributed by atoms with Crippen LogP contribution in [0.2, 0.25) is 0 Å². The number of rotatable bonds is 0. The first-order valence-corrected chi connectivity index (χ1v) is 0.775. The van der Waals surface area contributed by atoms with Gasteiger partial charge in [-0.05, 0) is 0 Å². The van der Waals surface area contributed by atoms with Gasteiger partial charge >= 0.3 is 83.5 Å². The molecular formula is H7BBaO3Pb. The third-order valence-corrected chi connectivity index (χ3v) is 0. The molecule has 0 saturated carbocycles. The molecule has 0 rings (SSSR count). The average molecular weight is 410 g/mol. The maximum atomic E-state index is 7.17. The molecule has 0 saturated heterocycles. The van der Waals surface area contributed by atoms with Crippen LogP contribution in [0.4, 0.5) is 0 Å². The van der Waals surface area contributed by atoms with Crippen molar-refractivity contribution in [1.29, 1.82) is 0 Å². The summed E-state index contributed by atoms with van der Waals surface area (Å²) in [4.78, 5) is 0. The molecule has 0 atom stereocenters. The van der Waals surface area contributed by atoms with E-state index in [0.29, 0.717) is 0 Å². The van der Waals surface area contributed by atoms with E-state index in [1.807, 2.05) is 0 Å². The molecule has 0 amide bonds. The van der Waals surface area contributed by atoms with Crippen molar-refractivity contribution in [2.24, 2.45) is 0 Å². The number of hydrogen-bond acceptors (Lipinski definition) is 3. The standard InChI is InChI=1S/BH3O3.Ba.Pb.4H/c2-1(3)4;;;;;;/h2-4H;;;;;;. The zero-order valence-corrected chi connectivity index (χ0v) is 8.12. The van der Waals surface area contributed by atoms with Gasteiger partial charge in [-0.3, -0.25) is 0 Å². The van der Waals surface area contributed by atoms with E-state index in [4.69, 9.17) is 15.1 Å². The second-order valence-corrected chi connectivity index (χ2v) is 0.346. The molecule has 0 fully saturated rings. The fraction of sp³-hybridized carbons (Fsp3) is 0. The van der Waals surface area contributed by atoms with E-state index in [9.17, 15) is 0 Å². The Kier molecular flexibility index (Phi) is 27.4. The fourth-order valence-corrected chi connectivity index (χ4v) is 0. The third-order valence-electron chi connectivity index (χ3n) is 0. The topological polar surface area (TPSA) is 60.7 Å². The van der Waals surface area contributed by atoms with E-state index < -0.39 is 7.32 Å². The third kappa shape index (κ3) is 32.0. The number of hydrogen-bond donors (Lipinski definition) is 3. The van der Waals surface area contributed by atoms with Crippen LogP contribution in [-0.2, 0) is 0 Å². The maximum absolute atomic E-state index is 7.17. The van der Waals surface area contributed by atoms with Crippen molar-refractivity contribution in [3.05, 3.63) is 0 Å². The molecule has 2 radical (unpaired) electrons. The molecule has 0 aliphatic heterocycles. The molecule has 6 heteroatoms. The Balaban J connectivity index is -0.0000000450. The van der Waals surface area contributed by atoms with E-state index in [1.54, 1.807) is 0 Å². The minimum absolute atomic E-state index is 0. The van der Waals surface area contributed by atoms with Gasteiger partial charge in [0, 0.05) is 0 Å². The first-order valence-electron chi connectivity index (χ1n) is 0.775. The van der Waals surface area contributed by atoms with Crippen LogP contribution >= 0.6 is 0 Å². The molecular weight excluding hydrogens is 403 g/mol. The quantitative estimate of drug-likeness (QED) is 0.358. The molecule has 3 nitrogen and oxygen atoms in total. The van der Waals surface area contributed by atoms with Crippen molar-refractivity contribution in [3.63, 3.8) is 0 Å². The van der Waals surface area contributed by atoms with Gasteiger partial charge in [-0.1, -0.05) is 0 Å². The molecule has 0 heterocycles. The van der Waals surface area contributed by atoms with Crippen molar-refractivity contribution in [2.75, 3.05) is 0 Å². The minimum atomic E-state index is -2.17. The molecule has 34 valence electrons. The summed E-state index contributed by atoms with van der Waals surface area (Å²) in [6.45, 7) is 0. The summed E-state index contributed by atoms with van der Waals surface area (Å²) in [6, 6.07) is 0. The van der Waals surface area contributed by atoms with E-state index in [1.165, 1.54) is 0 Å². The van der Waals surface area contributed by atoms with Gasteiger partial charge in [-0.25, -0.2) is 0 Å². The van der Waals surface area contributed by atoms with Crippen molar-refractivity contribution >= 4 is 83.5 Å². The monoisotopic (exact) mass is 412 g/mol. The molecule has 0 aliphatic carbocycles. The normalized spacial score (nSPS) is 4.50. The summed E-state index contributed by atoms with van der Waals surface area (Å²) in [5, 5.41) is 21.5. The SMILES string of the molecule is OB(O)O.[BaH2].[PbH2]. The summed E-state index contributed by atoms with van der Waals surface area (Å²) < 4.78 is 0. The van der Waals surface area contributed by atoms with E-state index in [0.717, 1.165) is 0 Å². The summed E-state index contributed by atoms with van der Waals surface area (Å²) in [6.07, 6.45) is 0. The van der Waals surface area contributed by atoms with Crippen molar-refractivity contribution < 1.29 is 15.1 Å². The van der Waals surface area contributed by atoms with Gasteiger partial charge in [-0.2, -0.15) is 0 Å². The summed E-state index contributed by atoms with van der Waals surface area (Å²) >= 11 is 0. The van der Waals surface area contributed by atoms with Crippen LogP contribution < -0.4 is 0 Å². The predicted molar refractivity (Wildman–Crippen MR) is 29.5 cm³/mol.